The third-order valence-corrected chi connectivity index (χ3v) is 3.69. The molecule has 1 fully saturated rings. The summed E-state index contributed by atoms with van der Waals surface area (Å²) in [6, 6.07) is 7.81. The fourth-order valence-corrected chi connectivity index (χ4v) is 2.58. The molecule has 1 N–H and O–H groups in total. The topological polar surface area (TPSA) is 62.4 Å². The van der Waals surface area contributed by atoms with Gasteiger partial charge in [0.15, 0.2) is 0 Å². The van der Waals surface area contributed by atoms with Crippen molar-refractivity contribution >= 4 is 15.9 Å². The fourth-order valence-electron chi connectivity index (χ4n) is 2.18. The molecule has 1 aliphatic heterocycles. The van der Waals surface area contributed by atoms with Crippen LogP contribution in [0.1, 0.15) is 5.89 Å². The van der Waals surface area contributed by atoms with Crippen molar-refractivity contribution in [2.75, 3.05) is 19.7 Å². The molecular formula is C13H14BrN3O2. The summed E-state index contributed by atoms with van der Waals surface area (Å²) in [7, 11) is 0. The largest absolute Gasteiger partial charge is 0.396 e. The van der Waals surface area contributed by atoms with Crippen LogP contribution >= 0.6 is 15.9 Å². The van der Waals surface area contributed by atoms with Gasteiger partial charge in [0.2, 0.25) is 11.7 Å². The quantitative estimate of drug-likeness (QED) is 0.931. The lowest BCUT2D eigenvalue weighted by molar-refractivity contribution is 0.0402. The van der Waals surface area contributed by atoms with E-state index in [0.717, 1.165) is 23.1 Å². The Kier molecular flexibility index (Phi) is 3.63. The average molecular weight is 324 g/mol. The van der Waals surface area contributed by atoms with Gasteiger partial charge in [-0.1, -0.05) is 33.2 Å². The number of halogens is 1. The highest BCUT2D eigenvalue weighted by Crippen LogP contribution is 2.22. The standard InChI is InChI=1S/C13H14BrN3O2/c14-11-3-1-2-10(4-11)13-15-12(19-16-13)7-17-5-9(6-17)8-18/h1-4,9,18H,5-8H2. The molecule has 100 valence electrons. The molecule has 0 atom stereocenters. The van der Waals surface area contributed by atoms with E-state index >= 15 is 0 Å². The van der Waals surface area contributed by atoms with Gasteiger partial charge in [0.25, 0.3) is 0 Å². The van der Waals surface area contributed by atoms with Crippen molar-refractivity contribution < 1.29 is 9.63 Å². The highest BCUT2D eigenvalue weighted by molar-refractivity contribution is 9.10. The molecule has 3 rings (SSSR count). The lowest BCUT2D eigenvalue weighted by atomic mass is 10.0. The maximum Gasteiger partial charge on any atom is 0.241 e. The molecule has 19 heavy (non-hydrogen) atoms. The van der Waals surface area contributed by atoms with Crippen LogP contribution in [0.25, 0.3) is 11.4 Å². The zero-order valence-electron chi connectivity index (χ0n) is 10.3. The smallest absolute Gasteiger partial charge is 0.241 e. The van der Waals surface area contributed by atoms with Crippen molar-refractivity contribution in [2.24, 2.45) is 5.92 Å². The van der Waals surface area contributed by atoms with E-state index in [4.69, 9.17) is 9.63 Å². The maximum atomic E-state index is 8.97. The highest BCUT2D eigenvalue weighted by Gasteiger charge is 2.27. The van der Waals surface area contributed by atoms with Gasteiger partial charge in [-0.3, -0.25) is 4.90 Å². The minimum absolute atomic E-state index is 0.254. The number of nitrogens with zero attached hydrogens (tertiary/aromatic N) is 3. The van der Waals surface area contributed by atoms with E-state index in [-0.39, 0.29) is 6.61 Å². The van der Waals surface area contributed by atoms with Gasteiger partial charge < -0.3 is 9.63 Å². The first-order valence-corrected chi connectivity index (χ1v) is 6.95. The molecule has 0 radical (unpaired) electrons. The Morgan fingerprint density at radius 3 is 3.00 bits per heavy atom. The van der Waals surface area contributed by atoms with Crippen LogP contribution in [0, 0.1) is 5.92 Å². The summed E-state index contributed by atoms with van der Waals surface area (Å²) in [4.78, 5) is 6.57. The van der Waals surface area contributed by atoms with Crippen LogP contribution in [0.3, 0.4) is 0 Å². The molecule has 2 aromatic rings. The summed E-state index contributed by atoms with van der Waals surface area (Å²) in [5.74, 6) is 1.62. The summed E-state index contributed by atoms with van der Waals surface area (Å²) in [5.41, 5.74) is 0.932. The van der Waals surface area contributed by atoms with Gasteiger partial charge in [0, 0.05) is 35.7 Å². The van der Waals surface area contributed by atoms with Gasteiger partial charge in [0.1, 0.15) is 0 Å². The van der Waals surface area contributed by atoms with Crippen LogP contribution < -0.4 is 0 Å². The van der Waals surface area contributed by atoms with Crippen molar-refractivity contribution in [3.63, 3.8) is 0 Å². The molecule has 0 aliphatic carbocycles. The van der Waals surface area contributed by atoms with Crippen molar-refractivity contribution in [3.8, 4) is 11.4 Å². The number of hydrogen-bond acceptors (Lipinski definition) is 5. The molecule has 1 saturated heterocycles. The summed E-state index contributed by atoms with van der Waals surface area (Å²) in [5, 5.41) is 13.0. The van der Waals surface area contributed by atoms with Gasteiger partial charge in [-0.2, -0.15) is 4.98 Å². The molecule has 0 spiro atoms. The molecular weight excluding hydrogens is 310 g/mol. The second-order valence-electron chi connectivity index (χ2n) is 4.76. The summed E-state index contributed by atoms with van der Waals surface area (Å²) >= 11 is 3.42. The van der Waals surface area contributed by atoms with E-state index in [1.54, 1.807) is 0 Å². The van der Waals surface area contributed by atoms with Gasteiger partial charge >= 0.3 is 0 Å². The van der Waals surface area contributed by atoms with Crippen molar-refractivity contribution in [3.05, 3.63) is 34.6 Å². The third kappa shape index (κ3) is 2.86. The lowest BCUT2D eigenvalue weighted by Gasteiger charge is -2.36. The summed E-state index contributed by atoms with van der Waals surface area (Å²) in [6.45, 7) is 2.69. The van der Waals surface area contributed by atoms with E-state index in [1.165, 1.54) is 0 Å². The van der Waals surface area contributed by atoms with E-state index < -0.39 is 0 Å². The van der Waals surface area contributed by atoms with Crippen LogP contribution in [-0.4, -0.2) is 39.8 Å². The van der Waals surface area contributed by atoms with Crippen molar-refractivity contribution in [1.82, 2.24) is 15.0 Å². The number of aliphatic hydroxyl groups is 1. The normalized spacial score (nSPS) is 16.5. The van der Waals surface area contributed by atoms with Crippen LogP contribution in [-0.2, 0) is 6.54 Å². The number of aliphatic hydroxyl groups excluding tert-OH is 1. The van der Waals surface area contributed by atoms with Crippen LogP contribution in [0.2, 0.25) is 0 Å². The first-order chi connectivity index (χ1) is 9.24. The third-order valence-electron chi connectivity index (χ3n) is 3.20. The number of benzene rings is 1. The summed E-state index contributed by atoms with van der Waals surface area (Å²) in [6.07, 6.45) is 0. The Hall–Kier alpha value is -1.24. The molecule has 6 heteroatoms. The zero-order valence-corrected chi connectivity index (χ0v) is 11.9. The van der Waals surface area contributed by atoms with Gasteiger partial charge in [-0.25, -0.2) is 0 Å². The van der Waals surface area contributed by atoms with Crippen LogP contribution in [0.5, 0.6) is 0 Å². The highest BCUT2D eigenvalue weighted by atomic mass is 79.9. The molecule has 1 aliphatic rings. The molecule has 0 bridgehead atoms. The number of likely N-dealkylation sites (tertiary alicyclic amines) is 1. The molecule has 5 nitrogen and oxygen atoms in total. The molecule has 0 unspecified atom stereocenters. The van der Waals surface area contributed by atoms with Crippen molar-refractivity contribution in [2.45, 2.75) is 6.54 Å². The van der Waals surface area contributed by atoms with E-state index in [2.05, 4.69) is 31.0 Å². The monoisotopic (exact) mass is 323 g/mol. The Morgan fingerprint density at radius 1 is 1.42 bits per heavy atom. The van der Waals surface area contributed by atoms with E-state index in [9.17, 15) is 0 Å². The van der Waals surface area contributed by atoms with Gasteiger partial charge in [0.05, 0.1) is 6.54 Å². The average Bonchev–Trinajstić information content (AvgIpc) is 2.82. The minimum atomic E-state index is 0.254. The second kappa shape index (κ2) is 5.40. The van der Waals surface area contributed by atoms with Gasteiger partial charge in [-0.05, 0) is 12.1 Å². The number of aromatic nitrogens is 2. The second-order valence-corrected chi connectivity index (χ2v) is 5.68. The molecule has 0 amide bonds. The Bertz CT molecular complexity index is 567. The SMILES string of the molecule is OCC1CN(Cc2nc(-c3cccc(Br)c3)no2)C1. The Labute approximate surface area is 119 Å². The predicted molar refractivity (Wildman–Crippen MR) is 73.3 cm³/mol. The van der Waals surface area contributed by atoms with Gasteiger partial charge in [-0.15, -0.1) is 0 Å². The van der Waals surface area contributed by atoms with E-state index in [0.29, 0.717) is 24.2 Å². The number of rotatable bonds is 4. The fraction of sp³-hybridized carbons (Fsp3) is 0.385. The molecule has 1 aromatic heterocycles. The van der Waals surface area contributed by atoms with E-state index in [1.807, 2.05) is 24.3 Å². The first kappa shape index (κ1) is 12.8. The number of hydrogen-bond donors (Lipinski definition) is 1. The summed E-state index contributed by atoms with van der Waals surface area (Å²) < 4.78 is 6.24. The predicted octanol–water partition coefficient (Wildman–Crippen LogP) is 1.92. The maximum absolute atomic E-state index is 8.97. The first-order valence-electron chi connectivity index (χ1n) is 6.16. The van der Waals surface area contributed by atoms with Crippen LogP contribution in [0.4, 0.5) is 0 Å². The molecule has 0 saturated carbocycles. The zero-order chi connectivity index (χ0) is 13.2. The Balaban J connectivity index is 1.67. The minimum Gasteiger partial charge on any atom is -0.396 e. The Morgan fingerprint density at radius 2 is 2.26 bits per heavy atom. The molecule has 1 aromatic carbocycles. The van der Waals surface area contributed by atoms with Crippen LogP contribution in [0.15, 0.2) is 33.3 Å². The lowest BCUT2D eigenvalue weighted by Crippen LogP contribution is -2.47. The van der Waals surface area contributed by atoms with Crippen molar-refractivity contribution in [1.29, 1.82) is 0 Å². The molecule has 2 heterocycles.